The van der Waals surface area contributed by atoms with Gasteiger partial charge in [0.1, 0.15) is 11.2 Å². The minimum absolute atomic E-state index is 0.429. The van der Waals surface area contributed by atoms with Gasteiger partial charge in [0.05, 0.1) is 11.1 Å². The van der Waals surface area contributed by atoms with Crippen molar-refractivity contribution in [2.24, 2.45) is 0 Å². The van der Waals surface area contributed by atoms with Crippen molar-refractivity contribution in [1.29, 1.82) is 0 Å². The highest BCUT2D eigenvalue weighted by Gasteiger charge is 2.51. The first-order valence-electron chi connectivity index (χ1n) is 21.1. The van der Waals surface area contributed by atoms with Crippen LogP contribution in [0.15, 0.2) is 229 Å². The number of hydrogen-bond donors (Lipinski definition) is 0. The summed E-state index contributed by atoms with van der Waals surface area (Å²) >= 11 is 0. The van der Waals surface area contributed by atoms with Crippen LogP contribution in [0.3, 0.4) is 0 Å². The van der Waals surface area contributed by atoms with E-state index in [0.29, 0.717) is 0 Å². The lowest BCUT2D eigenvalue weighted by Crippen LogP contribution is -2.26. The highest BCUT2D eigenvalue weighted by Crippen LogP contribution is 2.63. The Bertz CT molecular complexity index is 3470. The molecule has 1 heterocycles. The highest BCUT2D eigenvalue weighted by molar-refractivity contribution is 6.10. The van der Waals surface area contributed by atoms with Gasteiger partial charge in [0.15, 0.2) is 0 Å². The average molecular weight is 776 g/mol. The smallest absolute Gasteiger partial charge is 0.143 e. The van der Waals surface area contributed by atoms with Crippen molar-refractivity contribution < 1.29 is 4.42 Å². The van der Waals surface area contributed by atoms with Gasteiger partial charge in [-0.2, -0.15) is 0 Å². The molecule has 0 aliphatic heterocycles. The summed E-state index contributed by atoms with van der Waals surface area (Å²) in [6.07, 6.45) is 0. The molecule has 11 aromatic rings. The Hall–Kier alpha value is -7.94. The third-order valence-corrected chi connectivity index (χ3v) is 13.3. The zero-order valence-corrected chi connectivity index (χ0v) is 33.2. The number of nitrogens with zero attached hydrogens (tertiary/aromatic N) is 1. The Labute approximate surface area is 354 Å². The van der Waals surface area contributed by atoms with Crippen LogP contribution in [0.2, 0.25) is 0 Å². The van der Waals surface area contributed by atoms with Crippen molar-refractivity contribution in [2.75, 3.05) is 4.90 Å². The monoisotopic (exact) mass is 775 g/mol. The second kappa shape index (κ2) is 13.0. The van der Waals surface area contributed by atoms with Crippen LogP contribution in [0.4, 0.5) is 17.1 Å². The minimum Gasteiger partial charge on any atom is -0.455 e. The lowest BCUT2D eigenvalue weighted by molar-refractivity contribution is 0.670. The summed E-state index contributed by atoms with van der Waals surface area (Å²) in [4.78, 5) is 2.45. The van der Waals surface area contributed by atoms with E-state index in [1.807, 2.05) is 0 Å². The van der Waals surface area contributed by atoms with Crippen molar-refractivity contribution in [3.63, 3.8) is 0 Å². The molecule has 1 spiro atoms. The molecule has 2 nitrogen and oxygen atoms in total. The van der Waals surface area contributed by atoms with Gasteiger partial charge in [-0.15, -0.1) is 0 Å². The third-order valence-electron chi connectivity index (χ3n) is 13.3. The van der Waals surface area contributed by atoms with E-state index in [4.69, 9.17) is 4.42 Å². The number of fused-ring (bicyclic) bond motifs is 14. The van der Waals surface area contributed by atoms with Gasteiger partial charge in [0.2, 0.25) is 0 Å². The molecule has 2 aliphatic carbocycles. The molecule has 0 saturated carbocycles. The Morgan fingerprint density at radius 2 is 0.885 bits per heavy atom. The maximum atomic E-state index is 6.53. The van der Waals surface area contributed by atoms with E-state index >= 15 is 0 Å². The van der Waals surface area contributed by atoms with E-state index in [9.17, 15) is 0 Å². The number of benzene rings is 10. The summed E-state index contributed by atoms with van der Waals surface area (Å²) in [6, 6.07) is 82.2. The molecule has 1 aromatic heterocycles. The van der Waals surface area contributed by atoms with Crippen LogP contribution in [0.1, 0.15) is 22.3 Å². The lowest BCUT2D eigenvalue weighted by atomic mass is 9.70. The molecule has 284 valence electrons. The van der Waals surface area contributed by atoms with Crippen molar-refractivity contribution in [3.8, 4) is 44.5 Å². The standard InChI is InChI=1S/C59H37NO/c1-2-14-40(15-3-1)45-22-13-23-50-51-36-41(30-35-57(51)61-58(45)50)38-28-31-42(32-29-38)60(56-27-12-17-39-16-4-5-18-44(39)56)43-33-34-49-48-21-8-11-26-54(48)59(55(49)37-43)52-24-9-6-19-46(52)47-20-7-10-25-53(47)59/h1-37H. The predicted octanol–water partition coefficient (Wildman–Crippen LogP) is 15.9. The van der Waals surface area contributed by atoms with Crippen LogP contribution in [-0.4, -0.2) is 0 Å². The second-order valence-electron chi connectivity index (χ2n) is 16.4. The van der Waals surface area contributed by atoms with E-state index in [2.05, 4.69) is 229 Å². The first-order chi connectivity index (χ1) is 30.3. The summed E-state index contributed by atoms with van der Waals surface area (Å²) in [7, 11) is 0. The molecule has 0 fully saturated rings. The topological polar surface area (TPSA) is 16.4 Å². The van der Waals surface area contributed by atoms with Gasteiger partial charge in [-0.1, -0.05) is 182 Å². The number of furan rings is 1. The molecule has 0 N–H and O–H groups in total. The lowest BCUT2D eigenvalue weighted by Gasteiger charge is -2.32. The number of anilines is 3. The van der Waals surface area contributed by atoms with Gasteiger partial charge < -0.3 is 9.32 Å². The predicted molar refractivity (Wildman–Crippen MR) is 253 cm³/mol. The van der Waals surface area contributed by atoms with Crippen LogP contribution in [0.25, 0.3) is 77.2 Å². The van der Waals surface area contributed by atoms with E-state index in [-0.39, 0.29) is 0 Å². The van der Waals surface area contributed by atoms with Gasteiger partial charge >= 0.3 is 0 Å². The van der Waals surface area contributed by atoms with Gasteiger partial charge in [-0.05, 0) is 109 Å². The zero-order valence-electron chi connectivity index (χ0n) is 33.2. The third kappa shape index (κ3) is 4.85. The quantitative estimate of drug-likeness (QED) is 0.173. The SMILES string of the molecule is c1ccc(-c2cccc3c2oc2ccc(-c4ccc(N(c5ccc6c(c5)C5(c7ccccc7-c7ccccc75)c5ccccc5-6)c5cccc6ccccc56)cc4)cc23)cc1. The van der Waals surface area contributed by atoms with Crippen molar-refractivity contribution in [2.45, 2.75) is 5.41 Å². The maximum Gasteiger partial charge on any atom is 0.143 e. The molecular formula is C59H37NO. The van der Waals surface area contributed by atoms with Crippen LogP contribution in [0.5, 0.6) is 0 Å². The van der Waals surface area contributed by atoms with E-state index in [1.54, 1.807) is 0 Å². The zero-order chi connectivity index (χ0) is 40.1. The Morgan fingerprint density at radius 1 is 0.328 bits per heavy atom. The minimum atomic E-state index is -0.429. The number of para-hydroxylation sites is 1. The Morgan fingerprint density at radius 3 is 1.62 bits per heavy atom. The molecule has 2 aliphatic rings. The van der Waals surface area contributed by atoms with Gasteiger partial charge in [-0.25, -0.2) is 0 Å². The molecule has 0 atom stereocenters. The van der Waals surface area contributed by atoms with Crippen LogP contribution >= 0.6 is 0 Å². The molecule has 10 aromatic carbocycles. The van der Waals surface area contributed by atoms with Gasteiger partial charge in [-0.3, -0.25) is 0 Å². The highest BCUT2D eigenvalue weighted by atomic mass is 16.3. The normalized spacial score (nSPS) is 13.0. The molecule has 0 saturated heterocycles. The van der Waals surface area contributed by atoms with Crippen LogP contribution in [0, 0.1) is 0 Å². The first kappa shape index (κ1) is 34.0. The molecule has 2 heteroatoms. The largest absolute Gasteiger partial charge is 0.455 e. The number of rotatable bonds is 5. The van der Waals surface area contributed by atoms with Gasteiger partial charge in [0.25, 0.3) is 0 Å². The summed E-state index contributed by atoms with van der Waals surface area (Å²) in [5.74, 6) is 0. The summed E-state index contributed by atoms with van der Waals surface area (Å²) < 4.78 is 6.53. The molecule has 0 amide bonds. The van der Waals surface area contributed by atoms with E-state index in [0.717, 1.165) is 61.3 Å². The van der Waals surface area contributed by atoms with Gasteiger partial charge in [0, 0.05) is 33.1 Å². The van der Waals surface area contributed by atoms with Crippen LogP contribution < -0.4 is 4.90 Å². The maximum absolute atomic E-state index is 6.53. The second-order valence-corrected chi connectivity index (χ2v) is 16.4. The molecule has 13 rings (SSSR count). The molecule has 0 radical (unpaired) electrons. The Kier molecular flexibility index (Phi) is 7.26. The first-order valence-corrected chi connectivity index (χ1v) is 21.1. The Balaban J connectivity index is 0.980. The molecule has 0 unspecified atom stereocenters. The molecule has 61 heavy (non-hydrogen) atoms. The van der Waals surface area contributed by atoms with Crippen molar-refractivity contribution in [3.05, 3.63) is 247 Å². The van der Waals surface area contributed by atoms with Crippen molar-refractivity contribution in [1.82, 2.24) is 0 Å². The summed E-state index contributed by atoms with van der Waals surface area (Å²) in [5, 5.41) is 4.66. The fourth-order valence-corrected chi connectivity index (χ4v) is 10.7. The number of hydrogen-bond acceptors (Lipinski definition) is 2. The average Bonchev–Trinajstić information content (AvgIpc) is 3.96. The van der Waals surface area contributed by atoms with Crippen LogP contribution in [-0.2, 0) is 5.41 Å². The summed E-state index contributed by atoms with van der Waals surface area (Å²) in [6.45, 7) is 0. The summed E-state index contributed by atoms with van der Waals surface area (Å²) in [5.41, 5.74) is 19.9. The fourth-order valence-electron chi connectivity index (χ4n) is 10.7. The van der Waals surface area contributed by atoms with E-state index < -0.39 is 5.41 Å². The van der Waals surface area contributed by atoms with Crippen molar-refractivity contribution >= 4 is 49.8 Å². The molecule has 0 bridgehead atoms. The fraction of sp³-hybridized carbons (Fsp3) is 0.0169. The van der Waals surface area contributed by atoms with E-state index in [1.165, 1.54) is 55.3 Å². The molecular weight excluding hydrogens is 739 g/mol.